The maximum atomic E-state index is 11.6. The highest BCUT2D eigenvalue weighted by Crippen LogP contribution is 2.31. The zero-order valence-electron chi connectivity index (χ0n) is 8.68. The number of aliphatic hydroxyl groups excluding tert-OH is 1. The highest BCUT2D eigenvalue weighted by Gasteiger charge is 2.23. The molecular formula is C12H12O3S. The third kappa shape index (κ3) is 2.13. The first kappa shape index (κ1) is 11.2. The normalized spacial score (nSPS) is 18.1. The number of thiophene rings is 1. The number of aliphatic hydroxyl groups is 1. The molecule has 0 aromatic carbocycles. The second-order valence-electron chi connectivity index (χ2n) is 3.74. The Labute approximate surface area is 97.4 Å². The summed E-state index contributed by atoms with van der Waals surface area (Å²) in [4.78, 5) is 23.3. The Hall–Kier alpha value is -1.26. The fourth-order valence-corrected chi connectivity index (χ4v) is 2.61. The quantitative estimate of drug-likeness (QED) is 0.819. The van der Waals surface area contributed by atoms with Gasteiger partial charge in [0.15, 0.2) is 12.1 Å². The molecule has 1 atom stereocenters. The van der Waals surface area contributed by atoms with Gasteiger partial charge in [0.05, 0.1) is 4.88 Å². The van der Waals surface area contributed by atoms with Gasteiger partial charge in [0.2, 0.25) is 0 Å². The Bertz CT molecular complexity index is 445. The van der Waals surface area contributed by atoms with Crippen molar-refractivity contribution >= 4 is 23.4 Å². The lowest BCUT2D eigenvalue weighted by atomic mass is 9.93. The highest BCUT2D eigenvalue weighted by molar-refractivity contribution is 7.13. The first-order valence-electron chi connectivity index (χ1n) is 5.18. The van der Waals surface area contributed by atoms with Gasteiger partial charge in [0, 0.05) is 16.9 Å². The van der Waals surface area contributed by atoms with E-state index in [0.29, 0.717) is 21.7 Å². The minimum Gasteiger partial charge on any atom is -0.383 e. The molecule has 3 nitrogen and oxygen atoms in total. The zero-order chi connectivity index (χ0) is 11.5. The molecule has 0 bridgehead atoms. The average molecular weight is 236 g/mol. The molecule has 1 aromatic rings. The smallest absolute Gasteiger partial charge is 0.161 e. The van der Waals surface area contributed by atoms with Gasteiger partial charge in [-0.3, -0.25) is 9.59 Å². The molecule has 0 amide bonds. The molecule has 0 fully saturated rings. The van der Waals surface area contributed by atoms with Gasteiger partial charge in [0.25, 0.3) is 0 Å². The molecule has 0 spiro atoms. The van der Waals surface area contributed by atoms with E-state index in [-0.39, 0.29) is 5.78 Å². The topological polar surface area (TPSA) is 54.4 Å². The number of carbonyl (C=O) groups is 2. The second kappa shape index (κ2) is 4.72. The molecule has 84 valence electrons. The minimum atomic E-state index is -0.869. The van der Waals surface area contributed by atoms with Crippen LogP contribution in [0.2, 0.25) is 0 Å². The third-order valence-electron chi connectivity index (χ3n) is 2.62. The van der Waals surface area contributed by atoms with E-state index in [4.69, 9.17) is 0 Å². The molecule has 16 heavy (non-hydrogen) atoms. The van der Waals surface area contributed by atoms with Crippen molar-refractivity contribution in [2.24, 2.45) is 0 Å². The van der Waals surface area contributed by atoms with E-state index in [1.165, 1.54) is 11.3 Å². The summed E-state index contributed by atoms with van der Waals surface area (Å²) < 4.78 is 0. The SMILES string of the molecule is O=Cc1ccc([C@@H](O)C2=CCCCC2=O)s1. The standard InChI is InChI=1S/C12H12O3S/c13-7-8-5-6-11(16-8)12(15)9-3-1-2-4-10(9)14/h3,5-7,12,15H,1-2,4H2/t12-/m0/s1. The molecular weight excluding hydrogens is 224 g/mol. The van der Waals surface area contributed by atoms with Crippen molar-refractivity contribution in [1.29, 1.82) is 0 Å². The number of hydrogen-bond acceptors (Lipinski definition) is 4. The summed E-state index contributed by atoms with van der Waals surface area (Å²) in [6, 6.07) is 3.35. The van der Waals surface area contributed by atoms with Crippen molar-refractivity contribution in [3.05, 3.63) is 33.5 Å². The zero-order valence-corrected chi connectivity index (χ0v) is 9.50. The van der Waals surface area contributed by atoms with E-state index in [2.05, 4.69) is 0 Å². The van der Waals surface area contributed by atoms with Gasteiger partial charge in [-0.05, 0) is 25.0 Å². The molecule has 2 rings (SSSR count). The Morgan fingerprint density at radius 2 is 2.25 bits per heavy atom. The lowest BCUT2D eigenvalue weighted by molar-refractivity contribution is -0.117. The van der Waals surface area contributed by atoms with E-state index in [9.17, 15) is 14.7 Å². The number of ketones is 1. The molecule has 0 saturated carbocycles. The number of allylic oxidation sites excluding steroid dienone is 1. The summed E-state index contributed by atoms with van der Waals surface area (Å²) >= 11 is 1.23. The Morgan fingerprint density at radius 1 is 1.44 bits per heavy atom. The monoisotopic (exact) mass is 236 g/mol. The molecule has 1 aliphatic carbocycles. The Morgan fingerprint density at radius 3 is 2.88 bits per heavy atom. The lowest BCUT2D eigenvalue weighted by Crippen LogP contribution is -2.13. The van der Waals surface area contributed by atoms with Gasteiger partial charge in [-0.1, -0.05) is 6.08 Å². The van der Waals surface area contributed by atoms with Crippen LogP contribution < -0.4 is 0 Å². The molecule has 1 N–H and O–H groups in total. The van der Waals surface area contributed by atoms with Crippen molar-refractivity contribution in [1.82, 2.24) is 0 Å². The predicted octanol–water partition coefficient (Wildman–Crippen LogP) is 2.27. The average Bonchev–Trinajstić information content (AvgIpc) is 2.77. The predicted molar refractivity (Wildman–Crippen MR) is 61.6 cm³/mol. The molecule has 1 heterocycles. The first-order valence-corrected chi connectivity index (χ1v) is 6.00. The van der Waals surface area contributed by atoms with Crippen molar-refractivity contribution in [2.45, 2.75) is 25.4 Å². The largest absolute Gasteiger partial charge is 0.383 e. The summed E-state index contributed by atoms with van der Waals surface area (Å²) in [5, 5.41) is 10.0. The second-order valence-corrected chi connectivity index (χ2v) is 4.88. The lowest BCUT2D eigenvalue weighted by Gasteiger charge is -2.16. The maximum Gasteiger partial charge on any atom is 0.161 e. The summed E-state index contributed by atoms with van der Waals surface area (Å²) in [6.45, 7) is 0. The number of rotatable bonds is 3. The maximum absolute atomic E-state index is 11.6. The van der Waals surface area contributed by atoms with E-state index < -0.39 is 6.10 Å². The van der Waals surface area contributed by atoms with Crippen molar-refractivity contribution < 1.29 is 14.7 Å². The van der Waals surface area contributed by atoms with E-state index in [0.717, 1.165) is 19.1 Å². The van der Waals surface area contributed by atoms with Crippen LogP contribution in [0.15, 0.2) is 23.8 Å². The fourth-order valence-electron chi connectivity index (χ4n) is 1.77. The van der Waals surface area contributed by atoms with E-state index in [1.807, 2.05) is 0 Å². The van der Waals surface area contributed by atoms with Crippen LogP contribution in [0.1, 0.15) is 39.9 Å². The van der Waals surface area contributed by atoms with Gasteiger partial charge in [-0.15, -0.1) is 11.3 Å². The van der Waals surface area contributed by atoms with Crippen molar-refractivity contribution in [3.63, 3.8) is 0 Å². The molecule has 1 aromatic heterocycles. The van der Waals surface area contributed by atoms with Crippen LogP contribution in [-0.2, 0) is 4.79 Å². The number of carbonyl (C=O) groups excluding carboxylic acids is 2. The van der Waals surface area contributed by atoms with Crippen LogP contribution in [0, 0.1) is 0 Å². The van der Waals surface area contributed by atoms with Gasteiger partial charge >= 0.3 is 0 Å². The van der Waals surface area contributed by atoms with Gasteiger partial charge in [-0.2, -0.15) is 0 Å². The van der Waals surface area contributed by atoms with E-state index in [1.54, 1.807) is 18.2 Å². The summed E-state index contributed by atoms with van der Waals surface area (Å²) in [5.41, 5.74) is 0.477. The fraction of sp³-hybridized carbons (Fsp3) is 0.333. The molecule has 0 aliphatic heterocycles. The molecule has 0 radical (unpaired) electrons. The van der Waals surface area contributed by atoms with Crippen molar-refractivity contribution in [2.75, 3.05) is 0 Å². The number of hydrogen-bond donors (Lipinski definition) is 1. The van der Waals surface area contributed by atoms with Crippen LogP contribution in [0.25, 0.3) is 0 Å². The molecule has 0 unspecified atom stereocenters. The summed E-state index contributed by atoms with van der Waals surface area (Å²) in [5.74, 6) is 0.0137. The van der Waals surface area contributed by atoms with Crippen LogP contribution in [0.5, 0.6) is 0 Å². The molecule has 4 heteroatoms. The van der Waals surface area contributed by atoms with Gasteiger partial charge in [0.1, 0.15) is 6.10 Å². The first-order chi connectivity index (χ1) is 7.72. The van der Waals surface area contributed by atoms with Crippen LogP contribution in [-0.4, -0.2) is 17.2 Å². The summed E-state index contributed by atoms with van der Waals surface area (Å²) in [7, 11) is 0. The van der Waals surface area contributed by atoms with Crippen LogP contribution >= 0.6 is 11.3 Å². The van der Waals surface area contributed by atoms with Crippen LogP contribution in [0.4, 0.5) is 0 Å². The highest BCUT2D eigenvalue weighted by atomic mass is 32.1. The number of Topliss-reactive ketones (excluding diaryl/α,β-unsaturated/α-hetero) is 1. The molecule has 1 aliphatic rings. The minimum absolute atomic E-state index is 0.0137. The third-order valence-corrected chi connectivity index (χ3v) is 3.69. The van der Waals surface area contributed by atoms with Crippen LogP contribution in [0.3, 0.4) is 0 Å². The van der Waals surface area contributed by atoms with Crippen molar-refractivity contribution in [3.8, 4) is 0 Å². The van der Waals surface area contributed by atoms with Gasteiger partial charge in [-0.25, -0.2) is 0 Å². The van der Waals surface area contributed by atoms with E-state index >= 15 is 0 Å². The Balaban J connectivity index is 2.23. The van der Waals surface area contributed by atoms with Gasteiger partial charge < -0.3 is 5.11 Å². The number of aldehydes is 1. The summed E-state index contributed by atoms with van der Waals surface area (Å²) in [6.07, 6.45) is 3.89. The molecule has 0 saturated heterocycles. The Kier molecular flexibility index (Phi) is 3.31.